The average molecular weight is 486 g/mol. The van der Waals surface area contributed by atoms with E-state index >= 15 is 0 Å². The molecule has 2 heterocycles. The maximum atomic E-state index is 12.7. The van der Waals surface area contributed by atoms with Crippen LogP contribution in [-0.4, -0.2) is 54.5 Å². The third-order valence-electron chi connectivity index (χ3n) is 4.87. The summed E-state index contributed by atoms with van der Waals surface area (Å²) in [5.74, 6) is 0.706. The van der Waals surface area contributed by atoms with Gasteiger partial charge in [-0.1, -0.05) is 22.0 Å². The van der Waals surface area contributed by atoms with E-state index in [0.717, 1.165) is 4.47 Å². The van der Waals surface area contributed by atoms with E-state index in [-0.39, 0.29) is 43.2 Å². The zero-order chi connectivity index (χ0) is 21.0. The van der Waals surface area contributed by atoms with Crippen LogP contribution in [-0.2, 0) is 26.6 Å². The number of benzene rings is 1. The van der Waals surface area contributed by atoms with Crippen molar-refractivity contribution in [2.45, 2.75) is 24.8 Å². The molecule has 0 bridgehead atoms. The number of halogens is 1. The lowest BCUT2D eigenvalue weighted by molar-refractivity contribution is -0.150. The fraction of sp³-hybridized carbons (Fsp3) is 0.474. The molecular formula is C19H24BrN3O5S. The number of sulfonamides is 1. The minimum absolute atomic E-state index is 0.0447. The minimum atomic E-state index is -3.64. The number of hydrogen-bond acceptors (Lipinski definition) is 6. The normalized spacial score (nSPS) is 16.0. The van der Waals surface area contributed by atoms with Crippen LogP contribution in [0, 0.1) is 12.8 Å². The fourth-order valence-corrected chi connectivity index (χ4v) is 4.96. The molecule has 0 atom stereocenters. The molecule has 2 aromatic rings. The first-order chi connectivity index (χ1) is 13.8. The number of carbonyl (C=O) groups excluding carboxylic acids is 1. The monoisotopic (exact) mass is 485 g/mol. The van der Waals surface area contributed by atoms with Gasteiger partial charge in [-0.15, -0.1) is 0 Å². The predicted molar refractivity (Wildman–Crippen MR) is 110 cm³/mol. The van der Waals surface area contributed by atoms with Gasteiger partial charge in [-0.05, 0) is 38.0 Å². The Morgan fingerprint density at radius 2 is 2.00 bits per heavy atom. The predicted octanol–water partition coefficient (Wildman–Crippen LogP) is 2.51. The summed E-state index contributed by atoms with van der Waals surface area (Å²) in [6.07, 6.45) is 2.36. The van der Waals surface area contributed by atoms with Crippen molar-refractivity contribution in [3.63, 3.8) is 0 Å². The number of rotatable bonds is 7. The average Bonchev–Trinajstić information content (AvgIpc) is 3.05. The van der Waals surface area contributed by atoms with Gasteiger partial charge in [0.2, 0.25) is 0 Å². The molecular weight excluding hydrogens is 462 g/mol. The van der Waals surface area contributed by atoms with Gasteiger partial charge in [0.25, 0.3) is 10.0 Å². The molecule has 8 nitrogen and oxygen atoms in total. The Hall–Kier alpha value is -1.91. The number of hydrogen-bond donors (Lipinski definition) is 0. The van der Waals surface area contributed by atoms with Crippen molar-refractivity contribution in [1.29, 1.82) is 0 Å². The van der Waals surface area contributed by atoms with Gasteiger partial charge in [0.15, 0.2) is 5.03 Å². The van der Waals surface area contributed by atoms with Crippen LogP contribution in [0.3, 0.4) is 0 Å². The molecule has 1 saturated heterocycles. The molecule has 0 unspecified atom stereocenters. The van der Waals surface area contributed by atoms with Gasteiger partial charge < -0.3 is 14.0 Å². The quantitative estimate of drug-likeness (QED) is 0.441. The summed E-state index contributed by atoms with van der Waals surface area (Å²) >= 11 is 3.37. The van der Waals surface area contributed by atoms with Crippen molar-refractivity contribution in [2.24, 2.45) is 13.0 Å². The first-order valence-corrected chi connectivity index (χ1v) is 11.6. The van der Waals surface area contributed by atoms with Gasteiger partial charge in [0, 0.05) is 30.8 Å². The van der Waals surface area contributed by atoms with Crippen LogP contribution < -0.4 is 4.74 Å². The van der Waals surface area contributed by atoms with E-state index in [9.17, 15) is 13.2 Å². The number of esters is 1. The van der Waals surface area contributed by atoms with Crippen LogP contribution in [0.2, 0.25) is 0 Å². The molecule has 0 spiro atoms. The highest BCUT2D eigenvalue weighted by Gasteiger charge is 2.34. The van der Waals surface area contributed by atoms with Crippen LogP contribution in [0.1, 0.15) is 18.7 Å². The molecule has 29 heavy (non-hydrogen) atoms. The Morgan fingerprint density at radius 1 is 1.28 bits per heavy atom. The van der Waals surface area contributed by atoms with Crippen molar-refractivity contribution >= 4 is 31.9 Å². The third kappa shape index (κ3) is 5.37. The molecule has 0 radical (unpaired) electrons. The van der Waals surface area contributed by atoms with E-state index in [0.29, 0.717) is 24.4 Å². The number of carbonyl (C=O) groups is 1. The van der Waals surface area contributed by atoms with Crippen molar-refractivity contribution < 1.29 is 22.7 Å². The molecule has 0 N–H and O–H groups in total. The van der Waals surface area contributed by atoms with Crippen LogP contribution in [0.5, 0.6) is 5.75 Å². The number of aromatic nitrogens is 2. The summed E-state index contributed by atoms with van der Waals surface area (Å²) in [6, 6.07) is 7.42. The van der Waals surface area contributed by atoms with Crippen molar-refractivity contribution in [1.82, 2.24) is 13.9 Å². The van der Waals surface area contributed by atoms with Crippen LogP contribution in [0.4, 0.5) is 0 Å². The standard InChI is InChI=1S/C19H24BrN3O5S/c1-14-21-18(13-22(14)2)29(25,26)23-8-6-15(7-9-23)19(24)28-11-10-27-17-5-3-4-16(20)12-17/h3-5,12-13,15H,6-11H2,1-2H3. The Labute approximate surface area is 179 Å². The third-order valence-corrected chi connectivity index (χ3v) is 7.13. The Kier molecular flexibility index (Phi) is 6.97. The molecule has 158 valence electrons. The molecule has 1 aromatic carbocycles. The van der Waals surface area contributed by atoms with Crippen LogP contribution in [0.25, 0.3) is 0 Å². The summed E-state index contributed by atoms with van der Waals surface area (Å²) in [4.78, 5) is 16.4. The van der Waals surface area contributed by atoms with Crippen LogP contribution in [0.15, 0.2) is 40.0 Å². The van der Waals surface area contributed by atoms with E-state index < -0.39 is 10.0 Å². The minimum Gasteiger partial charge on any atom is -0.490 e. The first-order valence-electron chi connectivity index (χ1n) is 9.32. The summed E-state index contributed by atoms with van der Waals surface area (Å²) in [7, 11) is -1.89. The molecule has 10 heteroatoms. The lowest BCUT2D eigenvalue weighted by Gasteiger charge is -2.29. The molecule has 0 amide bonds. The molecule has 3 rings (SSSR count). The zero-order valence-electron chi connectivity index (χ0n) is 16.4. The number of nitrogens with zero attached hydrogens (tertiary/aromatic N) is 3. The second kappa shape index (κ2) is 9.27. The maximum absolute atomic E-state index is 12.7. The van der Waals surface area contributed by atoms with Gasteiger partial charge in [0.05, 0.1) is 5.92 Å². The van der Waals surface area contributed by atoms with Gasteiger partial charge in [-0.2, -0.15) is 4.31 Å². The molecule has 1 fully saturated rings. The second-order valence-electron chi connectivity index (χ2n) is 6.89. The molecule has 0 aliphatic carbocycles. The number of piperidine rings is 1. The topological polar surface area (TPSA) is 90.7 Å². The maximum Gasteiger partial charge on any atom is 0.309 e. The smallest absolute Gasteiger partial charge is 0.309 e. The highest BCUT2D eigenvalue weighted by atomic mass is 79.9. The van der Waals surface area contributed by atoms with Crippen molar-refractivity contribution in [3.05, 3.63) is 40.8 Å². The number of ether oxygens (including phenoxy) is 2. The number of aryl methyl sites for hydroxylation is 2. The summed E-state index contributed by atoms with van der Waals surface area (Å²) in [5, 5.41) is 0.0447. The Balaban J connectivity index is 1.44. The number of imidazole rings is 1. The van der Waals surface area contributed by atoms with E-state index in [2.05, 4.69) is 20.9 Å². The first kappa shape index (κ1) is 21.8. The van der Waals surface area contributed by atoms with E-state index in [1.54, 1.807) is 18.5 Å². The zero-order valence-corrected chi connectivity index (χ0v) is 18.8. The fourth-order valence-electron chi connectivity index (χ4n) is 3.09. The molecule has 0 saturated carbocycles. The molecule has 1 aliphatic rings. The van der Waals surface area contributed by atoms with E-state index in [1.807, 2.05) is 24.3 Å². The lowest BCUT2D eigenvalue weighted by Crippen LogP contribution is -2.40. The van der Waals surface area contributed by atoms with Gasteiger partial charge >= 0.3 is 5.97 Å². The summed E-state index contributed by atoms with van der Waals surface area (Å²) < 4.78 is 40.2. The highest BCUT2D eigenvalue weighted by Crippen LogP contribution is 2.24. The Bertz CT molecular complexity index is 948. The van der Waals surface area contributed by atoms with Crippen molar-refractivity contribution in [3.8, 4) is 5.75 Å². The summed E-state index contributed by atoms with van der Waals surface area (Å²) in [5.41, 5.74) is 0. The second-order valence-corrected chi connectivity index (χ2v) is 9.69. The van der Waals surface area contributed by atoms with Gasteiger partial charge in [-0.3, -0.25) is 4.79 Å². The Morgan fingerprint density at radius 3 is 2.62 bits per heavy atom. The molecule has 1 aliphatic heterocycles. The molecule has 1 aromatic heterocycles. The van der Waals surface area contributed by atoms with Crippen molar-refractivity contribution in [2.75, 3.05) is 26.3 Å². The van der Waals surface area contributed by atoms with E-state index in [1.165, 1.54) is 10.5 Å². The highest BCUT2D eigenvalue weighted by molar-refractivity contribution is 9.10. The SMILES string of the molecule is Cc1nc(S(=O)(=O)N2CCC(C(=O)OCCOc3cccc(Br)c3)CC2)cn1C. The lowest BCUT2D eigenvalue weighted by atomic mass is 9.98. The van der Waals surface area contributed by atoms with Gasteiger partial charge in [0.1, 0.15) is 24.8 Å². The summed E-state index contributed by atoms with van der Waals surface area (Å²) in [6.45, 7) is 2.70. The van der Waals surface area contributed by atoms with E-state index in [4.69, 9.17) is 9.47 Å². The van der Waals surface area contributed by atoms with Crippen LogP contribution >= 0.6 is 15.9 Å². The largest absolute Gasteiger partial charge is 0.490 e. The van der Waals surface area contributed by atoms with Gasteiger partial charge in [-0.25, -0.2) is 13.4 Å².